The van der Waals surface area contributed by atoms with E-state index in [0.717, 1.165) is 22.2 Å². The van der Waals surface area contributed by atoms with Crippen molar-refractivity contribution in [3.63, 3.8) is 0 Å². The maximum atomic E-state index is 13.5. The van der Waals surface area contributed by atoms with Gasteiger partial charge in [-0.3, -0.25) is 0 Å². The molecule has 1 heterocycles. The van der Waals surface area contributed by atoms with Crippen molar-refractivity contribution in [2.45, 2.75) is 13.0 Å². The first-order chi connectivity index (χ1) is 9.49. The van der Waals surface area contributed by atoms with Crippen LogP contribution in [0, 0.1) is 18.6 Å². The predicted molar refractivity (Wildman–Crippen MR) is 76.5 cm³/mol. The predicted octanol–water partition coefficient (Wildman–Crippen LogP) is 3.58. The van der Waals surface area contributed by atoms with Gasteiger partial charge in [0.15, 0.2) is 0 Å². The van der Waals surface area contributed by atoms with Crippen molar-refractivity contribution in [2.75, 3.05) is 11.9 Å². The van der Waals surface area contributed by atoms with Gasteiger partial charge in [-0.1, -0.05) is 6.07 Å². The molecule has 0 aliphatic rings. The summed E-state index contributed by atoms with van der Waals surface area (Å²) in [5.74, 6) is -1.00. The molecule has 2 N–H and O–H groups in total. The number of anilines is 1. The molecule has 1 atom stereocenters. The minimum atomic E-state index is -1.29. The minimum Gasteiger partial charge on any atom is -0.386 e. The van der Waals surface area contributed by atoms with Crippen molar-refractivity contribution >= 4 is 21.7 Å². The number of aryl methyl sites for hydroxylation is 1. The third-order valence-electron chi connectivity index (χ3n) is 2.86. The normalized spacial score (nSPS) is 12.2. The number of hydrogen-bond donors (Lipinski definition) is 2. The van der Waals surface area contributed by atoms with Crippen LogP contribution in [0.5, 0.6) is 0 Å². The van der Waals surface area contributed by atoms with Crippen molar-refractivity contribution in [3.8, 4) is 0 Å². The Morgan fingerprint density at radius 2 is 2.00 bits per heavy atom. The molecule has 2 rings (SSSR count). The van der Waals surface area contributed by atoms with E-state index in [4.69, 9.17) is 0 Å². The van der Waals surface area contributed by atoms with Crippen molar-refractivity contribution in [1.29, 1.82) is 0 Å². The molecule has 106 valence electrons. The molecule has 3 nitrogen and oxygen atoms in total. The molecule has 0 bridgehead atoms. The van der Waals surface area contributed by atoms with Gasteiger partial charge in [-0.05, 0) is 46.6 Å². The second-order valence-electron chi connectivity index (χ2n) is 4.35. The largest absolute Gasteiger partial charge is 0.386 e. The number of pyridine rings is 1. The molecule has 0 fully saturated rings. The Morgan fingerprint density at radius 3 is 2.60 bits per heavy atom. The summed E-state index contributed by atoms with van der Waals surface area (Å²) in [5.41, 5.74) is 0.628. The van der Waals surface area contributed by atoms with Crippen LogP contribution in [0.25, 0.3) is 0 Å². The van der Waals surface area contributed by atoms with Crippen LogP contribution in [0.2, 0.25) is 0 Å². The Labute approximate surface area is 123 Å². The second-order valence-corrected chi connectivity index (χ2v) is 5.21. The molecule has 0 aliphatic heterocycles. The van der Waals surface area contributed by atoms with E-state index in [1.54, 1.807) is 12.3 Å². The number of rotatable bonds is 4. The maximum Gasteiger partial charge on any atom is 0.132 e. The van der Waals surface area contributed by atoms with Gasteiger partial charge in [-0.25, -0.2) is 13.8 Å². The van der Waals surface area contributed by atoms with Gasteiger partial charge < -0.3 is 10.4 Å². The highest BCUT2D eigenvalue weighted by Crippen LogP contribution is 2.22. The van der Waals surface area contributed by atoms with Gasteiger partial charge in [0.05, 0.1) is 5.56 Å². The number of benzene rings is 1. The SMILES string of the molecule is Cc1cc(NCC(O)c2c(F)cccc2F)ncc1Br. The van der Waals surface area contributed by atoms with Crippen LogP contribution in [-0.4, -0.2) is 16.6 Å². The molecule has 2 aromatic rings. The summed E-state index contributed by atoms with van der Waals surface area (Å²) in [5, 5.41) is 12.7. The number of nitrogens with one attached hydrogen (secondary N) is 1. The van der Waals surface area contributed by atoms with Crippen LogP contribution in [0.1, 0.15) is 17.2 Å². The quantitative estimate of drug-likeness (QED) is 0.892. The summed E-state index contributed by atoms with van der Waals surface area (Å²) in [7, 11) is 0. The van der Waals surface area contributed by atoms with Gasteiger partial charge in [0.2, 0.25) is 0 Å². The van der Waals surface area contributed by atoms with Crippen LogP contribution in [0.15, 0.2) is 34.9 Å². The summed E-state index contributed by atoms with van der Waals surface area (Å²) < 4.78 is 27.9. The molecule has 0 radical (unpaired) electrons. The molecule has 0 aliphatic carbocycles. The lowest BCUT2D eigenvalue weighted by Gasteiger charge is -2.14. The Kier molecular flexibility index (Phi) is 4.67. The summed E-state index contributed by atoms with van der Waals surface area (Å²) in [6, 6.07) is 5.26. The lowest BCUT2D eigenvalue weighted by molar-refractivity contribution is 0.181. The fourth-order valence-electron chi connectivity index (χ4n) is 1.77. The van der Waals surface area contributed by atoms with Crippen molar-refractivity contribution in [1.82, 2.24) is 4.98 Å². The van der Waals surface area contributed by atoms with E-state index >= 15 is 0 Å². The van der Waals surface area contributed by atoms with Crippen LogP contribution in [-0.2, 0) is 0 Å². The molecule has 0 saturated heterocycles. The van der Waals surface area contributed by atoms with Gasteiger partial charge in [-0.2, -0.15) is 0 Å². The fraction of sp³-hybridized carbons (Fsp3) is 0.214. The van der Waals surface area contributed by atoms with Gasteiger partial charge in [0.25, 0.3) is 0 Å². The zero-order valence-corrected chi connectivity index (χ0v) is 12.3. The van der Waals surface area contributed by atoms with E-state index in [-0.39, 0.29) is 12.1 Å². The van der Waals surface area contributed by atoms with E-state index in [2.05, 4.69) is 26.2 Å². The van der Waals surface area contributed by atoms with Crippen LogP contribution in [0.4, 0.5) is 14.6 Å². The van der Waals surface area contributed by atoms with E-state index in [1.807, 2.05) is 6.92 Å². The first-order valence-electron chi connectivity index (χ1n) is 5.97. The number of aliphatic hydroxyl groups is 1. The Bertz CT molecular complexity index is 602. The van der Waals surface area contributed by atoms with E-state index in [0.29, 0.717) is 5.82 Å². The molecule has 1 aromatic heterocycles. The molecule has 20 heavy (non-hydrogen) atoms. The van der Waals surface area contributed by atoms with Gasteiger partial charge in [-0.15, -0.1) is 0 Å². The Morgan fingerprint density at radius 1 is 1.35 bits per heavy atom. The number of aliphatic hydroxyl groups excluding tert-OH is 1. The fourth-order valence-corrected chi connectivity index (χ4v) is 1.99. The highest BCUT2D eigenvalue weighted by Gasteiger charge is 2.17. The summed E-state index contributed by atoms with van der Waals surface area (Å²) >= 11 is 3.33. The topological polar surface area (TPSA) is 45.1 Å². The smallest absolute Gasteiger partial charge is 0.132 e. The number of halogens is 3. The molecule has 1 aromatic carbocycles. The van der Waals surface area contributed by atoms with Crippen LogP contribution in [0.3, 0.4) is 0 Å². The van der Waals surface area contributed by atoms with E-state index in [1.165, 1.54) is 6.07 Å². The van der Waals surface area contributed by atoms with Crippen molar-refractivity contribution in [2.24, 2.45) is 0 Å². The maximum absolute atomic E-state index is 13.5. The molecule has 1 unspecified atom stereocenters. The molecule has 0 saturated carbocycles. The average Bonchev–Trinajstić information content (AvgIpc) is 2.40. The molecule has 6 heteroatoms. The molecule has 0 spiro atoms. The number of hydrogen-bond acceptors (Lipinski definition) is 3. The zero-order valence-electron chi connectivity index (χ0n) is 10.7. The molecular formula is C14H13BrF2N2O. The summed E-state index contributed by atoms with van der Waals surface area (Å²) in [6.07, 6.45) is 0.329. The van der Waals surface area contributed by atoms with E-state index in [9.17, 15) is 13.9 Å². The highest BCUT2D eigenvalue weighted by molar-refractivity contribution is 9.10. The third-order valence-corrected chi connectivity index (χ3v) is 3.69. The lowest BCUT2D eigenvalue weighted by atomic mass is 10.1. The Hall–Kier alpha value is -1.53. The summed E-state index contributed by atoms with van der Waals surface area (Å²) in [4.78, 5) is 4.09. The van der Waals surface area contributed by atoms with Crippen molar-refractivity contribution < 1.29 is 13.9 Å². The monoisotopic (exact) mass is 342 g/mol. The van der Waals surface area contributed by atoms with Crippen LogP contribution < -0.4 is 5.32 Å². The van der Waals surface area contributed by atoms with Crippen molar-refractivity contribution in [3.05, 3.63) is 57.7 Å². The Balaban J connectivity index is 2.08. The minimum absolute atomic E-state index is 0.0358. The van der Waals surface area contributed by atoms with Gasteiger partial charge >= 0.3 is 0 Å². The molecule has 0 amide bonds. The number of nitrogens with zero attached hydrogens (tertiary/aromatic N) is 1. The van der Waals surface area contributed by atoms with E-state index < -0.39 is 17.7 Å². The first-order valence-corrected chi connectivity index (χ1v) is 6.76. The lowest BCUT2D eigenvalue weighted by Crippen LogP contribution is -2.15. The average molecular weight is 343 g/mol. The second kappa shape index (κ2) is 6.28. The zero-order chi connectivity index (χ0) is 14.7. The van der Waals surface area contributed by atoms with Gasteiger partial charge in [0.1, 0.15) is 23.6 Å². The molecular weight excluding hydrogens is 330 g/mol. The third kappa shape index (κ3) is 3.32. The van der Waals surface area contributed by atoms with Crippen LogP contribution >= 0.6 is 15.9 Å². The number of aromatic nitrogens is 1. The standard InChI is InChI=1S/C14H13BrF2N2O/c1-8-5-13(18-6-9(8)15)19-7-12(20)14-10(16)3-2-4-11(14)17/h2-6,12,20H,7H2,1H3,(H,18,19). The van der Waals surface area contributed by atoms with Gasteiger partial charge in [0, 0.05) is 17.2 Å². The highest BCUT2D eigenvalue weighted by atomic mass is 79.9. The first kappa shape index (κ1) is 14.9. The summed E-state index contributed by atoms with van der Waals surface area (Å²) in [6.45, 7) is 1.86.